The molecule has 0 unspecified atom stereocenters. The lowest BCUT2D eigenvalue weighted by Gasteiger charge is -2.13. The van der Waals surface area contributed by atoms with Crippen LogP contribution in [0.2, 0.25) is 0 Å². The van der Waals surface area contributed by atoms with E-state index < -0.39 is 0 Å². The topological polar surface area (TPSA) is 12.9 Å². The average Bonchev–Trinajstić information content (AvgIpc) is 2.59. The number of nitrogens with zero attached hydrogens (tertiary/aromatic N) is 1. The summed E-state index contributed by atoms with van der Waals surface area (Å²) in [6.07, 6.45) is 1.08. The lowest BCUT2D eigenvalue weighted by molar-refractivity contribution is 0.587. The van der Waals surface area contributed by atoms with E-state index in [0.29, 0.717) is 0 Å². The van der Waals surface area contributed by atoms with Crippen molar-refractivity contribution in [1.29, 1.82) is 0 Å². The third-order valence-corrected chi connectivity index (χ3v) is 3.96. The summed E-state index contributed by atoms with van der Waals surface area (Å²) in [7, 11) is 0. The molecule has 1 heterocycles. The van der Waals surface area contributed by atoms with Crippen molar-refractivity contribution in [3.05, 3.63) is 28.8 Å². The second-order valence-electron chi connectivity index (χ2n) is 4.92. The van der Waals surface area contributed by atoms with Gasteiger partial charge in [0.1, 0.15) is 0 Å². The van der Waals surface area contributed by atoms with Crippen LogP contribution in [0, 0.1) is 0 Å². The molecule has 0 spiro atoms. The molecule has 2 heteroatoms. The second-order valence-corrected chi connectivity index (χ2v) is 5.96. The van der Waals surface area contributed by atoms with Gasteiger partial charge < -0.3 is 0 Å². The van der Waals surface area contributed by atoms with Crippen molar-refractivity contribution in [3.63, 3.8) is 0 Å². The van der Waals surface area contributed by atoms with E-state index in [1.807, 2.05) is 11.3 Å². The van der Waals surface area contributed by atoms with Crippen molar-refractivity contribution in [2.45, 2.75) is 39.5 Å². The maximum Gasteiger partial charge on any atom is 0.0992 e. The number of benzene rings is 1. The van der Waals surface area contributed by atoms with E-state index in [1.165, 1.54) is 15.3 Å². The molecule has 1 aromatic carbocycles. The standard InChI is InChI=1S/C13H17NS/c1-5-9-6-7-11-10(8-9)14-12(15-11)13(2,3)4/h6-8H,5H2,1-4H3. The molecule has 1 aromatic heterocycles. The number of hydrogen-bond donors (Lipinski definition) is 0. The molecule has 0 N–H and O–H groups in total. The van der Waals surface area contributed by atoms with E-state index in [2.05, 4.69) is 45.9 Å². The molecular weight excluding hydrogens is 202 g/mol. The highest BCUT2D eigenvalue weighted by molar-refractivity contribution is 7.18. The van der Waals surface area contributed by atoms with Crippen molar-refractivity contribution >= 4 is 21.6 Å². The minimum atomic E-state index is 0.163. The zero-order valence-electron chi connectivity index (χ0n) is 9.79. The number of hydrogen-bond acceptors (Lipinski definition) is 2. The van der Waals surface area contributed by atoms with Gasteiger partial charge in [0.25, 0.3) is 0 Å². The summed E-state index contributed by atoms with van der Waals surface area (Å²) < 4.78 is 1.30. The molecule has 80 valence electrons. The Morgan fingerprint density at radius 1 is 1.27 bits per heavy atom. The van der Waals surface area contributed by atoms with E-state index in [1.54, 1.807) is 0 Å². The number of aromatic nitrogens is 1. The fourth-order valence-electron chi connectivity index (χ4n) is 1.51. The maximum absolute atomic E-state index is 4.71. The van der Waals surface area contributed by atoms with E-state index >= 15 is 0 Å². The van der Waals surface area contributed by atoms with Crippen LogP contribution in [0.4, 0.5) is 0 Å². The predicted molar refractivity (Wildman–Crippen MR) is 67.7 cm³/mol. The zero-order chi connectivity index (χ0) is 11.1. The Balaban J connectivity index is 2.56. The number of fused-ring (bicyclic) bond motifs is 1. The molecule has 0 amide bonds. The van der Waals surface area contributed by atoms with Crippen LogP contribution in [-0.2, 0) is 11.8 Å². The van der Waals surface area contributed by atoms with Gasteiger partial charge in [0.2, 0.25) is 0 Å². The molecule has 0 aliphatic carbocycles. The molecule has 0 radical (unpaired) electrons. The first-order chi connectivity index (χ1) is 7.00. The van der Waals surface area contributed by atoms with Gasteiger partial charge in [-0.1, -0.05) is 33.8 Å². The molecule has 2 rings (SSSR count). The fourth-order valence-corrected chi connectivity index (χ4v) is 2.52. The van der Waals surface area contributed by atoms with Crippen LogP contribution in [0.3, 0.4) is 0 Å². The summed E-state index contributed by atoms with van der Waals surface area (Å²) in [6.45, 7) is 8.82. The van der Waals surface area contributed by atoms with Gasteiger partial charge in [0.05, 0.1) is 15.2 Å². The number of thiazole rings is 1. The molecule has 15 heavy (non-hydrogen) atoms. The Morgan fingerprint density at radius 3 is 2.60 bits per heavy atom. The monoisotopic (exact) mass is 219 g/mol. The first-order valence-electron chi connectivity index (χ1n) is 5.40. The summed E-state index contributed by atoms with van der Waals surface area (Å²) in [5.74, 6) is 0. The minimum Gasteiger partial charge on any atom is -0.241 e. The van der Waals surface area contributed by atoms with Crippen LogP contribution in [0.1, 0.15) is 38.3 Å². The third-order valence-electron chi connectivity index (χ3n) is 2.50. The lowest BCUT2D eigenvalue weighted by atomic mass is 9.98. The van der Waals surface area contributed by atoms with E-state index in [9.17, 15) is 0 Å². The predicted octanol–water partition coefficient (Wildman–Crippen LogP) is 4.16. The van der Waals surface area contributed by atoms with Crippen molar-refractivity contribution in [2.75, 3.05) is 0 Å². The van der Waals surface area contributed by atoms with Gasteiger partial charge in [0, 0.05) is 5.41 Å². The third kappa shape index (κ3) is 2.05. The Hall–Kier alpha value is -0.890. The van der Waals surface area contributed by atoms with Crippen molar-refractivity contribution in [3.8, 4) is 0 Å². The fraction of sp³-hybridized carbons (Fsp3) is 0.462. The van der Waals surface area contributed by atoms with Gasteiger partial charge in [-0.05, 0) is 24.1 Å². The molecule has 0 fully saturated rings. The Kier molecular flexibility index (Phi) is 2.55. The number of aryl methyl sites for hydroxylation is 1. The highest BCUT2D eigenvalue weighted by atomic mass is 32.1. The summed E-state index contributed by atoms with van der Waals surface area (Å²) in [4.78, 5) is 4.71. The first-order valence-corrected chi connectivity index (χ1v) is 6.22. The van der Waals surface area contributed by atoms with Crippen LogP contribution >= 0.6 is 11.3 Å². The Labute approximate surface area is 95.2 Å². The summed E-state index contributed by atoms with van der Waals surface area (Å²) in [6, 6.07) is 6.61. The summed E-state index contributed by atoms with van der Waals surface area (Å²) >= 11 is 1.81. The SMILES string of the molecule is CCc1ccc2sc(C(C)(C)C)nc2c1. The van der Waals surface area contributed by atoms with Crippen molar-refractivity contribution in [1.82, 2.24) is 4.98 Å². The normalized spacial score (nSPS) is 12.3. The van der Waals surface area contributed by atoms with Crippen molar-refractivity contribution in [2.24, 2.45) is 0 Å². The lowest BCUT2D eigenvalue weighted by Crippen LogP contribution is -2.09. The smallest absolute Gasteiger partial charge is 0.0992 e. The van der Waals surface area contributed by atoms with Crippen LogP contribution in [0.15, 0.2) is 18.2 Å². The van der Waals surface area contributed by atoms with E-state index in [0.717, 1.165) is 11.9 Å². The molecule has 0 saturated heterocycles. The summed E-state index contributed by atoms with van der Waals surface area (Å²) in [5.41, 5.74) is 2.69. The Bertz CT molecular complexity index is 477. The quantitative estimate of drug-likeness (QED) is 0.702. The van der Waals surface area contributed by atoms with Crippen LogP contribution in [0.25, 0.3) is 10.2 Å². The molecule has 0 aliphatic heterocycles. The van der Waals surface area contributed by atoms with Gasteiger partial charge in [-0.25, -0.2) is 4.98 Å². The number of rotatable bonds is 1. The largest absolute Gasteiger partial charge is 0.241 e. The molecule has 0 aliphatic rings. The van der Waals surface area contributed by atoms with E-state index in [4.69, 9.17) is 4.98 Å². The first kappa shape index (κ1) is 10.6. The minimum absolute atomic E-state index is 0.163. The molecular formula is C13H17NS. The molecule has 2 aromatic rings. The van der Waals surface area contributed by atoms with Gasteiger partial charge >= 0.3 is 0 Å². The molecule has 1 nitrogen and oxygen atoms in total. The van der Waals surface area contributed by atoms with Crippen LogP contribution < -0.4 is 0 Å². The maximum atomic E-state index is 4.71. The van der Waals surface area contributed by atoms with Gasteiger partial charge in [-0.3, -0.25) is 0 Å². The molecule has 0 atom stereocenters. The Morgan fingerprint density at radius 2 is 2.00 bits per heavy atom. The summed E-state index contributed by atoms with van der Waals surface area (Å²) in [5, 5.41) is 1.23. The van der Waals surface area contributed by atoms with E-state index in [-0.39, 0.29) is 5.41 Å². The van der Waals surface area contributed by atoms with Gasteiger partial charge in [-0.2, -0.15) is 0 Å². The molecule has 0 bridgehead atoms. The van der Waals surface area contributed by atoms with Gasteiger partial charge in [0.15, 0.2) is 0 Å². The van der Waals surface area contributed by atoms with Crippen LogP contribution in [-0.4, -0.2) is 4.98 Å². The molecule has 0 saturated carbocycles. The van der Waals surface area contributed by atoms with Gasteiger partial charge in [-0.15, -0.1) is 11.3 Å². The highest BCUT2D eigenvalue weighted by Gasteiger charge is 2.18. The highest BCUT2D eigenvalue weighted by Crippen LogP contribution is 2.31. The van der Waals surface area contributed by atoms with Crippen LogP contribution in [0.5, 0.6) is 0 Å². The zero-order valence-corrected chi connectivity index (χ0v) is 10.6. The average molecular weight is 219 g/mol. The van der Waals surface area contributed by atoms with Crippen molar-refractivity contribution < 1.29 is 0 Å². The second kappa shape index (κ2) is 3.60.